The van der Waals surface area contributed by atoms with Crippen molar-refractivity contribution < 1.29 is 19.2 Å². The summed E-state index contributed by atoms with van der Waals surface area (Å²) in [6, 6.07) is 0. The van der Waals surface area contributed by atoms with Crippen molar-refractivity contribution in [1.82, 2.24) is 10.5 Å². The summed E-state index contributed by atoms with van der Waals surface area (Å²) in [6.07, 6.45) is 0. The van der Waals surface area contributed by atoms with Gasteiger partial charge in [-0.2, -0.15) is 0 Å². The third-order valence-corrected chi connectivity index (χ3v) is 2.16. The first-order valence-electron chi connectivity index (χ1n) is 4.42. The van der Waals surface area contributed by atoms with E-state index in [4.69, 9.17) is 5.73 Å². The van der Waals surface area contributed by atoms with Crippen LogP contribution in [-0.4, -0.2) is 29.3 Å². The quantitative estimate of drug-likeness (QED) is 0.599. The van der Waals surface area contributed by atoms with Crippen LogP contribution in [0.15, 0.2) is 5.38 Å². The monoisotopic (exact) mass is 258 g/mol. The van der Waals surface area contributed by atoms with E-state index >= 15 is 0 Å². The third-order valence-electron chi connectivity index (χ3n) is 1.40. The Labute approximate surface area is 100 Å². The molecule has 8 nitrogen and oxygen atoms in total. The zero-order valence-electron chi connectivity index (χ0n) is 8.85. The number of nitrogens with one attached hydrogen (secondary N) is 2. The van der Waals surface area contributed by atoms with Crippen LogP contribution in [0.2, 0.25) is 0 Å². The van der Waals surface area contributed by atoms with E-state index in [1.54, 1.807) is 0 Å². The van der Waals surface area contributed by atoms with Gasteiger partial charge in [-0.3, -0.25) is 19.2 Å². The van der Waals surface area contributed by atoms with Gasteiger partial charge in [0.25, 0.3) is 5.91 Å². The molecule has 9 heteroatoms. The Morgan fingerprint density at radius 1 is 1.53 bits per heavy atom. The van der Waals surface area contributed by atoms with Crippen LogP contribution in [0.4, 0.5) is 5.13 Å². The molecule has 0 aliphatic rings. The molecule has 0 fully saturated rings. The lowest BCUT2D eigenvalue weighted by molar-refractivity contribution is -0.124. The van der Waals surface area contributed by atoms with Crippen LogP contribution in [0.1, 0.15) is 17.4 Å². The number of aromatic nitrogens is 1. The van der Waals surface area contributed by atoms with Crippen molar-refractivity contribution in [3.05, 3.63) is 11.1 Å². The van der Waals surface area contributed by atoms with Crippen molar-refractivity contribution in [2.75, 3.05) is 11.9 Å². The number of amides is 3. The van der Waals surface area contributed by atoms with E-state index < -0.39 is 18.4 Å². The van der Waals surface area contributed by atoms with Gasteiger partial charge in [0, 0.05) is 12.3 Å². The minimum Gasteiger partial charge on any atom is -0.368 e. The average molecular weight is 258 g/mol. The summed E-state index contributed by atoms with van der Waals surface area (Å²) in [5, 5.41) is 4.17. The molecule has 1 heterocycles. The van der Waals surface area contributed by atoms with Crippen LogP contribution in [0.25, 0.3) is 0 Å². The molecule has 4 N–H and O–H groups in total. The van der Waals surface area contributed by atoms with Crippen molar-refractivity contribution in [2.45, 2.75) is 6.92 Å². The van der Waals surface area contributed by atoms with Gasteiger partial charge in [-0.05, 0) is 0 Å². The van der Waals surface area contributed by atoms with Gasteiger partial charge in [0.2, 0.25) is 11.8 Å². The van der Waals surface area contributed by atoms with Crippen molar-refractivity contribution in [2.24, 2.45) is 5.73 Å². The first kappa shape index (κ1) is 13.1. The van der Waals surface area contributed by atoms with Gasteiger partial charge in [-0.15, -0.1) is 11.3 Å². The molecule has 3 amide bonds. The summed E-state index contributed by atoms with van der Waals surface area (Å²) in [4.78, 5) is 40.7. The number of hydrogen-bond acceptors (Lipinski definition) is 6. The lowest BCUT2D eigenvalue weighted by Gasteiger charge is -2.00. The number of thiazole rings is 1. The van der Waals surface area contributed by atoms with Crippen LogP contribution >= 0.6 is 11.3 Å². The van der Waals surface area contributed by atoms with E-state index in [2.05, 4.69) is 15.1 Å². The lowest BCUT2D eigenvalue weighted by Crippen LogP contribution is -2.29. The maximum absolute atomic E-state index is 11.4. The first-order chi connectivity index (χ1) is 7.99. The maximum Gasteiger partial charge on any atom is 0.294 e. The second kappa shape index (κ2) is 5.92. The Balaban J connectivity index is 2.49. The highest BCUT2D eigenvalue weighted by atomic mass is 32.1. The van der Waals surface area contributed by atoms with Gasteiger partial charge >= 0.3 is 0 Å². The van der Waals surface area contributed by atoms with Gasteiger partial charge < -0.3 is 11.1 Å². The fourth-order valence-corrected chi connectivity index (χ4v) is 1.55. The minimum atomic E-state index is -0.706. The van der Waals surface area contributed by atoms with Crippen LogP contribution in [0.5, 0.6) is 0 Å². The predicted molar refractivity (Wildman–Crippen MR) is 59.0 cm³/mol. The van der Waals surface area contributed by atoms with Crippen LogP contribution in [-0.2, 0) is 14.4 Å². The highest BCUT2D eigenvalue weighted by Crippen LogP contribution is 2.14. The SMILES string of the molecule is CC(=O)Nc1nc(C(=O)NOCC(N)=O)cs1. The number of rotatable bonds is 5. The van der Waals surface area contributed by atoms with Gasteiger partial charge in [-0.25, -0.2) is 10.5 Å². The molecule has 0 unspecified atom stereocenters. The van der Waals surface area contributed by atoms with Crippen molar-refractivity contribution in [3.8, 4) is 0 Å². The van der Waals surface area contributed by atoms with Gasteiger partial charge in [-0.1, -0.05) is 0 Å². The molecule has 1 aromatic rings. The smallest absolute Gasteiger partial charge is 0.294 e. The summed E-state index contributed by atoms with van der Waals surface area (Å²) in [7, 11) is 0. The van der Waals surface area contributed by atoms with E-state index in [-0.39, 0.29) is 11.6 Å². The summed E-state index contributed by atoms with van der Waals surface area (Å²) >= 11 is 1.09. The van der Waals surface area contributed by atoms with E-state index in [0.717, 1.165) is 11.3 Å². The average Bonchev–Trinajstić information content (AvgIpc) is 2.64. The predicted octanol–water partition coefficient (Wildman–Crippen LogP) is -0.752. The number of anilines is 1. The standard InChI is InChI=1S/C8H10N4O4S/c1-4(13)10-8-11-5(3-17-8)7(15)12-16-2-6(9)14/h3H,2H2,1H3,(H2,9,14)(H,12,15)(H,10,11,13). The number of hydroxylamine groups is 1. The molecule has 0 aliphatic carbocycles. The molecule has 0 bridgehead atoms. The molecular weight excluding hydrogens is 248 g/mol. The Kier molecular flexibility index (Phi) is 4.55. The first-order valence-corrected chi connectivity index (χ1v) is 5.30. The van der Waals surface area contributed by atoms with Gasteiger partial charge in [0.1, 0.15) is 5.69 Å². The molecular formula is C8H10N4O4S. The second-order valence-corrected chi connectivity index (χ2v) is 3.76. The number of primary amides is 1. The summed E-state index contributed by atoms with van der Waals surface area (Å²) < 4.78 is 0. The Hall–Kier alpha value is -2.00. The summed E-state index contributed by atoms with van der Waals surface area (Å²) in [6.45, 7) is 0.908. The number of hydrogen-bond donors (Lipinski definition) is 3. The van der Waals surface area contributed by atoms with Gasteiger partial charge in [0.05, 0.1) is 0 Å². The van der Waals surface area contributed by atoms with Crippen molar-refractivity contribution >= 4 is 34.2 Å². The minimum absolute atomic E-state index is 0.0724. The molecule has 1 aromatic heterocycles. The number of nitrogens with two attached hydrogens (primary N) is 1. The zero-order valence-corrected chi connectivity index (χ0v) is 9.67. The van der Waals surface area contributed by atoms with Gasteiger partial charge in [0.15, 0.2) is 11.7 Å². The van der Waals surface area contributed by atoms with Crippen LogP contribution in [0.3, 0.4) is 0 Å². The fourth-order valence-electron chi connectivity index (χ4n) is 0.811. The van der Waals surface area contributed by atoms with Crippen molar-refractivity contribution in [3.63, 3.8) is 0 Å². The number of nitrogens with zero attached hydrogens (tertiary/aromatic N) is 1. The maximum atomic E-state index is 11.4. The fraction of sp³-hybridized carbons (Fsp3) is 0.250. The number of carbonyl (C=O) groups excluding carboxylic acids is 3. The molecule has 0 saturated heterocycles. The van der Waals surface area contributed by atoms with E-state index in [1.807, 2.05) is 5.48 Å². The number of carbonyl (C=O) groups is 3. The molecule has 17 heavy (non-hydrogen) atoms. The van der Waals surface area contributed by atoms with Crippen LogP contribution < -0.4 is 16.5 Å². The highest BCUT2D eigenvalue weighted by Gasteiger charge is 2.11. The van der Waals surface area contributed by atoms with E-state index in [9.17, 15) is 14.4 Å². The molecule has 0 atom stereocenters. The topological polar surface area (TPSA) is 123 Å². The lowest BCUT2D eigenvalue weighted by atomic mass is 10.5. The molecule has 0 radical (unpaired) electrons. The molecule has 0 aliphatic heterocycles. The Morgan fingerprint density at radius 3 is 2.82 bits per heavy atom. The molecule has 0 saturated carbocycles. The Morgan fingerprint density at radius 2 is 2.24 bits per heavy atom. The van der Waals surface area contributed by atoms with E-state index in [0.29, 0.717) is 5.13 Å². The van der Waals surface area contributed by atoms with Crippen molar-refractivity contribution in [1.29, 1.82) is 0 Å². The third kappa shape index (κ3) is 4.57. The highest BCUT2D eigenvalue weighted by molar-refractivity contribution is 7.14. The summed E-state index contributed by atoms with van der Waals surface area (Å²) in [5.74, 6) is -1.61. The zero-order chi connectivity index (χ0) is 12.8. The second-order valence-electron chi connectivity index (χ2n) is 2.91. The molecule has 0 aromatic carbocycles. The largest absolute Gasteiger partial charge is 0.368 e. The van der Waals surface area contributed by atoms with Crippen LogP contribution in [0, 0.1) is 0 Å². The summed E-state index contributed by atoms with van der Waals surface area (Å²) in [5.41, 5.74) is 6.86. The normalized spacial score (nSPS) is 9.71. The molecule has 1 rings (SSSR count). The van der Waals surface area contributed by atoms with E-state index in [1.165, 1.54) is 12.3 Å². The Bertz CT molecular complexity index is 444. The molecule has 0 spiro atoms. The molecule has 92 valence electrons.